The molecule has 1 aromatic heterocycles. The molecule has 1 fully saturated rings. The topological polar surface area (TPSA) is 176 Å². The predicted octanol–water partition coefficient (Wildman–Crippen LogP) is -1.07. The van der Waals surface area contributed by atoms with Crippen LogP contribution in [0, 0.1) is 5.41 Å². The molecule has 2 heterocycles. The summed E-state index contributed by atoms with van der Waals surface area (Å²) in [6.07, 6.45) is 0. The summed E-state index contributed by atoms with van der Waals surface area (Å²) in [5, 5.41) is 12.0. The molecule has 0 radical (unpaired) electrons. The highest BCUT2D eigenvalue weighted by Crippen LogP contribution is 2.32. The first kappa shape index (κ1) is 17.3. The molecular formula is C10H13N5O6S2. The molecule has 126 valence electrons. The molecule has 11 nitrogen and oxygen atoms in total. The number of hydrogen-bond donors (Lipinski definition) is 4. The minimum Gasteiger partial charge on any atom is -0.375 e. The van der Waals surface area contributed by atoms with E-state index in [2.05, 4.69) is 14.6 Å². The number of anilines is 1. The number of hydrogen-bond acceptors (Lipinski definition) is 9. The van der Waals surface area contributed by atoms with Crippen molar-refractivity contribution in [2.45, 2.75) is 25.4 Å². The Morgan fingerprint density at radius 1 is 1.61 bits per heavy atom. The Bertz CT molecular complexity index is 785. The van der Waals surface area contributed by atoms with E-state index in [0.717, 1.165) is 11.3 Å². The lowest BCUT2D eigenvalue weighted by Gasteiger charge is -2.50. The summed E-state index contributed by atoms with van der Waals surface area (Å²) in [6, 6.07) is -1.13. The third-order valence-corrected chi connectivity index (χ3v) is 4.14. The molecule has 0 unspecified atom stereocenters. The number of rotatable bonds is 5. The third kappa shape index (κ3) is 3.31. The molecule has 2 amide bonds. The van der Waals surface area contributed by atoms with Gasteiger partial charge < -0.3 is 11.1 Å². The molecule has 1 aromatic rings. The summed E-state index contributed by atoms with van der Waals surface area (Å²) >= 11 is 1.05. The number of nitrogens with two attached hydrogens (primary N) is 1. The van der Waals surface area contributed by atoms with Gasteiger partial charge in [0, 0.05) is 5.38 Å². The molecule has 0 spiro atoms. The van der Waals surface area contributed by atoms with Gasteiger partial charge in [0.05, 0.1) is 5.54 Å². The molecule has 0 bridgehead atoms. The van der Waals surface area contributed by atoms with Crippen LogP contribution in [0.25, 0.3) is 0 Å². The average Bonchev–Trinajstić information content (AvgIpc) is 2.86. The molecule has 1 saturated heterocycles. The number of nitrogens with one attached hydrogen (secondary N) is 2. The number of carbonyl (C=O) groups is 2. The zero-order valence-electron chi connectivity index (χ0n) is 11.9. The fourth-order valence-electron chi connectivity index (χ4n) is 1.94. The van der Waals surface area contributed by atoms with Gasteiger partial charge in [-0.3, -0.25) is 19.6 Å². The fourth-order valence-corrected chi connectivity index (χ4v) is 2.95. The number of β-lactam (4-membered cyclic amide) rings is 1. The lowest BCUT2D eigenvalue weighted by molar-refractivity contribution is -0.218. The van der Waals surface area contributed by atoms with Crippen molar-refractivity contribution in [2.75, 3.05) is 5.73 Å². The molecule has 13 heteroatoms. The van der Waals surface area contributed by atoms with Gasteiger partial charge in [-0.1, -0.05) is 0 Å². The zero-order valence-corrected chi connectivity index (χ0v) is 13.6. The number of aromatic nitrogens is 1. The van der Waals surface area contributed by atoms with Gasteiger partial charge in [-0.2, -0.15) is 13.5 Å². The molecule has 0 aromatic carbocycles. The van der Waals surface area contributed by atoms with Crippen molar-refractivity contribution in [3.8, 4) is 0 Å². The Morgan fingerprint density at radius 3 is 2.65 bits per heavy atom. The SMILES string of the molecule is CC1(C)[C@H](NC(=O)C(=N)c2csc(N)n2)C(=O)N1OS(=O)(=O)O. The minimum atomic E-state index is -4.87. The first-order valence-corrected chi connectivity index (χ1v) is 8.30. The molecule has 2 rings (SSSR count). The van der Waals surface area contributed by atoms with E-state index >= 15 is 0 Å². The van der Waals surface area contributed by atoms with E-state index in [4.69, 9.17) is 15.7 Å². The highest BCUT2D eigenvalue weighted by Gasteiger charge is 2.58. The number of nitrogens with zero attached hydrogens (tertiary/aromatic N) is 2. The molecule has 1 aliphatic rings. The van der Waals surface area contributed by atoms with E-state index in [9.17, 15) is 18.0 Å². The predicted molar refractivity (Wildman–Crippen MR) is 78.8 cm³/mol. The van der Waals surface area contributed by atoms with E-state index in [0.29, 0.717) is 5.06 Å². The normalized spacial score (nSPS) is 20.0. The highest BCUT2D eigenvalue weighted by atomic mass is 32.3. The second kappa shape index (κ2) is 5.52. The van der Waals surface area contributed by atoms with Gasteiger partial charge in [-0.15, -0.1) is 15.6 Å². The average molecular weight is 363 g/mol. The van der Waals surface area contributed by atoms with Crippen LogP contribution < -0.4 is 11.1 Å². The summed E-state index contributed by atoms with van der Waals surface area (Å²) < 4.78 is 34.1. The number of thiazole rings is 1. The Labute approximate surface area is 134 Å². The smallest absolute Gasteiger partial charge is 0.375 e. The van der Waals surface area contributed by atoms with Crippen LogP contribution in [0.1, 0.15) is 19.5 Å². The second-order valence-corrected chi connectivity index (χ2v) is 7.04. The largest absolute Gasteiger partial charge is 0.418 e. The van der Waals surface area contributed by atoms with Crippen molar-refractivity contribution in [3.63, 3.8) is 0 Å². The monoisotopic (exact) mass is 363 g/mol. The molecular weight excluding hydrogens is 350 g/mol. The fraction of sp³-hybridized carbons (Fsp3) is 0.400. The van der Waals surface area contributed by atoms with Crippen molar-refractivity contribution >= 4 is 44.4 Å². The van der Waals surface area contributed by atoms with Crippen LogP contribution in [0.15, 0.2) is 5.38 Å². The zero-order chi connectivity index (χ0) is 17.6. The molecule has 1 atom stereocenters. The molecule has 0 saturated carbocycles. The summed E-state index contributed by atoms with van der Waals surface area (Å²) in [4.78, 5) is 27.6. The Morgan fingerprint density at radius 2 is 2.22 bits per heavy atom. The van der Waals surface area contributed by atoms with Crippen molar-refractivity contribution in [2.24, 2.45) is 0 Å². The van der Waals surface area contributed by atoms with Crippen LogP contribution in [-0.2, 0) is 24.3 Å². The number of hydroxylamine groups is 2. The van der Waals surface area contributed by atoms with Crippen molar-refractivity contribution in [1.82, 2.24) is 15.4 Å². The van der Waals surface area contributed by atoms with Crippen molar-refractivity contribution < 1.29 is 26.8 Å². The first-order valence-electron chi connectivity index (χ1n) is 6.05. The minimum absolute atomic E-state index is 0.0561. The third-order valence-electron chi connectivity index (χ3n) is 3.13. The number of amides is 2. The Kier molecular flexibility index (Phi) is 4.14. The van der Waals surface area contributed by atoms with E-state index in [1.165, 1.54) is 19.2 Å². The van der Waals surface area contributed by atoms with Crippen LogP contribution in [0.5, 0.6) is 0 Å². The van der Waals surface area contributed by atoms with Crippen LogP contribution >= 0.6 is 11.3 Å². The van der Waals surface area contributed by atoms with Crippen molar-refractivity contribution in [3.05, 3.63) is 11.1 Å². The quantitative estimate of drug-likeness (QED) is 0.290. The van der Waals surface area contributed by atoms with Crippen LogP contribution in [0.4, 0.5) is 5.13 Å². The highest BCUT2D eigenvalue weighted by molar-refractivity contribution is 7.80. The summed E-state index contributed by atoms with van der Waals surface area (Å²) in [6.45, 7) is 2.82. The summed E-state index contributed by atoms with van der Waals surface area (Å²) in [7, 11) is -4.87. The maximum Gasteiger partial charge on any atom is 0.418 e. The molecule has 0 aliphatic carbocycles. The van der Waals surface area contributed by atoms with Crippen LogP contribution in [0.3, 0.4) is 0 Å². The number of carbonyl (C=O) groups excluding carboxylic acids is 2. The van der Waals surface area contributed by atoms with E-state index in [1.807, 2.05) is 0 Å². The molecule has 23 heavy (non-hydrogen) atoms. The molecule has 5 N–H and O–H groups in total. The van der Waals surface area contributed by atoms with E-state index in [-0.39, 0.29) is 10.8 Å². The lowest BCUT2D eigenvalue weighted by Crippen LogP contribution is -2.76. The standard InChI is InChI=1S/C10H13N5O6S2/c1-10(2)6(8(17)15(10)21-23(18,19)20)14-7(16)5(11)4-3-22-9(12)13-4/h3,6,11H,1-2H3,(H2,12,13)(H,14,16)(H,18,19,20)/t6-/m1/s1. The van der Waals surface area contributed by atoms with E-state index in [1.54, 1.807) is 0 Å². The second-order valence-electron chi connectivity index (χ2n) is 5.14. The van der Waals surface area contributed by atoms with Gasteiger partial charge in [0.1, 0.15) is 17.4 Å². The van der Waals surface area contributed by atoms with Gasteiger partial charge in [-0.25, -0.2) is 4.98 Å². The van der Waals surface area contributed by atoms with Crippen molar-refractivity contribution in [1.29, 1.82) is 5.41 Å². The van der Waals surface area contributed by atoms with Crippen LogP contribution in [-0.4, -0.2) is 52.1 Å². The lowest BCUT2D eigenvalue weighted by atomic mass is 9.84. The maximum atomic E-state index is 12.0. The van der Waals surface area contributed by atoms with Gasteiger partial charge in [0.15, 0.2) is 5.13 Å². The number of nitrogen functional groups attached to an aromatic ring is 1. The summed E-state index contributed by atoms with van der Waals surface area (Å²) in [5.74, 6) is -1.76. The Balaban J connectivity index is 2.08. The van der Waals surface area contributed by atoms with Gasteiger partial charge in [-0.05, 0) is 13.8 Å². The first-order chi connectivity index (χ1) is 10.4. The summed E-state index contributed by atoms with van der Waals surface area (Å²) in [5.41, 5.74) is 3.74. The van der Waals surface area contributed by atoms with E-state index < -0.39 is 39.5 Å². The Hall–Kier alpha value is -2.09. The maximum absolute atomic E-state index is 12.0. The van der Waals surface area contributed by atoms with Crippen LogP contribution in [0.2, 0.25) is 0 Å². The van der Waals surface area contributed by atoms with Gasteiger partial charge in [0.25, 0.3) is 11.8 Å². The molecule has 1 aliphatic heterocycles. The van der Waals surface area contributed by atoms with Gasteiger partial charge in [0.2, 0.25) is 0 Å². The van der Waals surface area contributed by atoms with Gasteiger partial charge >= 0.3 is 10.4 Å².